The van der Waals surface area contributed by atoms with Crippen LogP contribution in [0.3, 0.4) is 0 Å². The Labute approximate surface area is 123 Å². The molecule has 1 aromatic rings. The summed E-state index contributed by atoms with van der Waals surface area (Å²) >= 11 is 9.01. The van der Waals surface area contributed by atoms with Crippen LogP contribution in [-0.2, 0) is 9.05 Å². The Morgan fingerprint density at radius 3 is 2.39 bits per heavy atom. The highest BCUT2D eigenvalue weighted by molar-refractivity contribution is 9.10. The zero-order valence-corrected chi connectivity index (χ0v) is 13.4. The number of benzene rings is 1. The predicted molar refractivity (Wildman–Crippen MR) is 74.8 cm³/mol. The van der Waals surface area contributed by atoms with Crippen molar-refractivity contribution < 1.29 is 13.2 Å². The number of hydrogen-bond donors (Lipinski definition) is 1. The predicted octanol–water partition coefficient (Wildman–Crippen LogP) is 3.17. The molecule has 0 saturated heterocycles. The van der Waals surface area contributed by atoms with Gasteiger partial charge in [-0.2, -0.15) is 0 Å². The maximum atomic E-state index is 11.9. The summed E-state index contributed by atoms with van der Waals surface area (Å²) in [6, 6.07) is 2.59. The molecule has 0 radical (unpaired) electrons. The molecule has 1 amide bonds. The molecular weight excluding hydrogens is 365 g/mol. The van der Waals surface area contributed by atoms with Crippen LogP contribution in [0, 0.1) is 0 Å². The van der Waals surface area contributed by atoms with E-state index >= 15 is 0 Å². The van der Waals surface area contributed by atoms with Gasteiger partial charge in [0.05, 0.1) is 10.6 Å². The Morgan fingerprint density at radius 1 is 1.39 bits per heavy atom. The lowest BCUT2D eigenvalue weighted by Gasteiger charge is -2.11. The van der Waals surface area contributed by atoms with Gasteiger partial charge in [-0.3, -0.25) is 4.79 Å². The van der Waals surface area contributed by atoms with E-state index in [1.165, 1.54) is 12.1 Å². The van der Waals surface area contributed by atoms with Gasteiger partial charge in [0, 0.05) is 21.2 Å². The van der Waals surface area contributed by atoms with Gasteiger partial charge in [-0.1, -0.05) is 27.5 Å². The highest BCUT2D eigenvalue weighted by Gasteiger charge is 2.22. The fourth-order valence-electron chi connectivity index (χ4n) is 1.25. The third-order valence-electron chi connectivity index (χ3n) is 1.93. The van der Waals surface area contributed by atoms with E-state index in [0.29, 0.717) is 4.47 Å². The van der Waals surface area contributed by atoms with Crippen LogP contribution in [0.5, 0.6) is 0 Å². The monoisotopic (exact) mass is 373 g/mol. The van der Waals surface area contributed by atoms with Crippen LogP contribution in [0.25, 0.3) is 0 Å². The van der Waals surface area contributed by atoms with Crippen molar-refractivity contribution in [1.82, 2.24) is 5.32 Å². The molecule has 0 heterocycles. The van der Waals surface area contributed by atoms with Crippen LogP contribution in [0.1, 0.15) is 24.2 Å². The van der Waals surface area contributed by atoms with E-state index in [2.05, 4.69) is 21.2 Å². The minimum atomic E-state index is -4.01. The highest BCUT2D eigenvalue weighted by Crippen LogP contribution is 2.31. The topological polar surface area (TPSA) is 63.2 Å². The summed E-state index contributed by atoms with van der Waals surface area (Å²) in [6.07, 6.45) is 0. The molecule has 0 aliphatic heterocycles. The quantitative estimate of drug-likeness (QED) is 0.826. The van der Waals surface area contributed by atoms with Crippen LogP contribution in [-0.4, -0.2) is 20.4 Å². The maximum Gasteiger partial charge on any atom is 0.262 e. The molecule has 18 heavy (non-hydrogen) atoms. The molecule has 0 bridgehead atoms. The van der Waals surface area contributed by atoms with Gasteiger partial charge < -0.3 is 5.32 Å². The van der Waals surface area contributed by atoms with E-state index in [0.717, 1.165) is 0 Å². The van der Waals surface area contributed by atoms with E-state index in [1.54, 1.807) is 13.8 Å². The summed E-state index contributed by atoms with van der Waals surface area (Å²) in [7, 11) is 1.24. The van der Waals surface area contributed by atoms with Gasteiger partial charge in [-0.05, 0) is 26.0 Å². The van der Waals surface area contributed by atoms with Crippen LogP contribution < -0.4 is 5.32 Å². The molecule has 0 aliphatic carbocycles. The molecule has 8 heteroatoms. The first-order valence-electron chi connectivity index (χ1n) is 4.87. The third kappa shape index (κ3) is 3.85. The van der Waals surface area contributed by atoms with Crippen LogP contribution in [0.2, 0.25) is 5.02 Å². The first-order chi connectivity index (χ1) is 8.12. The lowest BCUT2D eigenvalue weighted by atomic mass is 10.2. The molecule has 0 fully saturated rings. The molecule has 100 valence electrons. The van der Waals surface area contributed by atoms with E-state index in [1.807, 2.05) is 0 Å². The van der Waals surface area contributed by atoms with Crippen molar-refractivity contribution in [3.8, 4) is 0 Å². The lowest BCUT2D eigenvalue weighted by molar-refractivity contribution is 0.0943. The van der Waals surface area contributed by atoms with E-state index in [4.69, 9.17) is 22.3 Å². The van der Waals surface area contributed by atoms with E-state index < -0.39 is 15.0 Å². The Balaban J connectivity index is 3.39. The molecular formula is C10H10BrCl2NO3S. The van der Waals surface area contributed by atoms with Crippen LogP contribution in [0.15, 0.2) is 21.5 Å². The highest BCUT2D eigenvalue weighted by atomic mass is 79.9. The second kappa shape index (κ2) is 5.77. The van der Waals surface area contributed by atoms with Gasteiger partial charge >= 0.3 is 0 Å². The molecule has 1 rings (SSSR count). The van der Waals surface area contributed by atoms with Crippen molar-refractivity contribution in [1.29, 1.82) is 0 Å². The van der Waals surface area contributed by atoms with Crippen molar-refractivity contribution in [2.75, 3.05) is 0 Å². The number of rotatable bonds is 3. The fraction of sp³-hybridized carbons (Fsp3) is 0.300. The zero-order chi connectivity index (χ0) is 14.1. The smallest absolute Gasteiger partial charge is 0.262 e. The Hall–Kier alpha value is -0.300. The van der Waals surface area contributed by atoms with Gasteiger partial charge in [0.1, 0.15) is 4.90 Å². The Bertz CT molecular complexity index is 587. The molecule has 0 unspecified atom stereocenters. The number of halogens is 3. The maximum absolute atomic E-state index is 11.9. The molecule has 0 spiro atoms. The Kier molecular flexibility index (Phi) is 5.05. The van der Waals surface area contributed by atoms with Gasteiger partial charge in [-0.25, -0.2) is 8.42 Å². The van der Waals surface area contributed by atoms with Gasteiger partial charge in [0.25, 0.3) is 15.0 Å². The van der Waals surface area contributed by atoms with Crippen molar-refractivity contribution in [3.05, 3.63) is 27.2 Å². The number of carbonyl (C=O) groups is 1. The summed E-state index contributed by atoms with van der Waals surface area (Å²) in [5, 5.41) is 2.44. The van der Waals surface area contributed by atoms with Crippen LogP contribution >= 0.6 is 38.2 Å². The fourth-order valence-corrected chi connectivity index (χ4v) is 3.43. The summed E-state index contributed by atoms with van der Waals surface area (Å²) < 4.78 is 23.1. The summed E-state index contributed by atoms with van der Waals surface area (Å²) in [4.78, 5) is 11.6. The average molecular weight is 375 g/mol. The van der Waals surface area contributed by atoms with Crippen LogP contribution in [0.4, 0.5) is 0 Å². The van der Waals surface area contributed by atoms with Crippen molar-refractivity contribution >= 4 is 53.2 Å². The Morgan fingerprint density at radius 2 is 1.94 bits per heavy atom. The average Bonchev–Trinajstić information content (AvgIpc) is 2.18. The SMILES string of the molecule is CC(C)NC(=O)c1cc(Br)cc(S(=O)(=O)Cl)c1Cl. The minimum absolute atomic E-state index is 0.0546. The minimum Gasteiger partial charge on any atom is -0.350 e. The number of nitrogens with one attached hydrogen (secondary N) is 1. The van der Waals surface area contributed by atoms with Crippen molar-refractivity contribution in [2.24, 2.45) is 0 Å². The second-order valence-electron chi connectivity index (χ2n) is 3.83. The third-order valence-corrected chi connectivity index (χ3v) is 4.25. The number of carbonyl (C=O) groups excluding carboxylic acids is 1. The van der Waals surface area contributed by atoms with Gasteiger partial charge in [0.15, 0.2) is 0 Å². The molecule has 4 nitrogen and oxygen atoms in total. The molecule has 1 N–H and O–H groups in total. The normalized spacial score (nSPS) is 11.7. The first kappa shape index (κ1) is 15.8. The number of amides is 1. The van der Waals surface area contributed by atoms with Gasteiger partial charge in [-0.15, -0.1) is 0 Å². The number of hydrogen-bond acceptors (Lipinski definition) is 3. The zero-order valence-electron chi connectivity index (χ0n) is 9.50. The largest absolute Gasteiger partial charge is 0.350 e. The van der Waals surface area contributed by atoms with E-state index in [9.17, 15) is 13.2 Å². The molecule has 0 atom stereocenters. The summed E-state index contributed by atoms with van der Waals surface area (Å²) in [6.45, 7) is 3.56. The van der Waals surface area contributed by atoms with E-state index in [-0.39, 0.29) is 21.5 Å². The van der Waals surface area contributed by atoms with Gasteiger partial charge in [0.2, 0.25) is 0 Å². The first-order valence-corrected chi connectivity index (χ1v) is 8.35. The molecule has 1 aromatic carbocycles. The molecule has 0 saturated carbocycles. The molecule has 0 aliphatic rings. The lowest BCUT2D eigenvalue weighted by Crippen LogP contribution is -2.30. The van der Waals surface area contributed by atoms with Crippen molar-refractivity contribution in [3.63, 3.8) is 0 Å². The second-order valence-corrected chi connectivity index (χ2v) is 7.66. The summed E-state index contributed by atoms with van der Waals surface area (Å²) in [5.41, 5.74) is 0.0546. The molecule has 0 aromatic heterocycles. The standard InChI is InChI=1S/C10H10BrCl2NO3S/c1-5(2)14-10(15)7-3-6(11)4-8(9(7)12)18(13,16)17/h3-5H,1-2H3,(H,14,15). The summed E-state index contributed by atoms with van der Waals surface area (Å²) in [5.74, 6) is -0.460. The van der Waals surface area contributed by atoms with Crippen molar-refractivity contribution in [2.45, 2.75) is 24.8 Å².